The van der Waals surface area contributed by atoms with Crippen molar-refractivity contribution in [1.82, 2.24) is 5.43 Å². The zero-order valence-electron chi connectivity index (χ0n) is 20.4. The Morgan fingerprint density at radius 2 is 1.71 bits per heavy atom. The molecule has 0 atom stereocenters. The average molecular weight is 461 g/mol. The molecule has 0 aromatic heterocycles. The summed E-state index contributed by atoms with van der Waals surface area (Å²) in [6.45, 7) is 8.83. The minimum atomic E-state index is -0.346. The second kappa shape index (κ2) is 11.4. The molecule has 6 nitrogen and oxygen atoms in total. The van der Waals surface area contributed by atoms with E-state index in [1.54, 1.807) is 19.4 Å². The molecular formula is C28H32N2O4. The fourth-order valence-electron chi connectivity index (χ4n) is 3.22. The van der Waals surface area contributed by atoms with Crippen molar-refractivity contribution in [3.63, 3.8) is 0 Å². The Bertz CT molecular complexity index is 1130. The Morgan fingerprint density at radius 3 is 2.38 bits per heavy atom. The van der Waals surface area contributed by atoms with Crippen molar-refractivity contribution in [2.24, 2.45) is 5.10 Å². The third-order valence-corrected chi connectivity index (χ3v) is 5.33. The zero-order chi connectivity index (χ0) is 24.6. The van der Waals surface area contributed by atoms with Crippen molar-refractivity contribution >= 4 is 12.1 Å². The first-order valence-electron chi connectivity index (χ1n) is 11.2. The maximum Gasteiger partial charge on any atom is 0.277 e. The monoisotopic (exact) mass is 460 g/mol. The van der Waals surface area contributed by atoms with Crippen molar-refractivity contribution in [2.75, 3.05) is 13.7 Å². The molecule has 0 spiro atoms. The van der Waals surface area contributed by atoms with Crippen molar-refractivity contribution in [3.05, 3.63) is 89.0 Å². The maximum atomic E-state index is 12.1. The quantitative estimate of drug-likeness (QED) is 0.342. The summed E-state index contributed by atoms with van der Waals surface area (Å²) in [5.74, 6) is 1.52. The largest absolute Gasteiger partial charge is 0.493 e. The molecule has 3 aromatic rings. The van der Waals surface area contributed by atoms with Crippen LogP contribution in [-0.2, 0) is 16.8 Å². The van der Waals surface area contributed by atoms with E-state index in [-0.39, 0.29) is 17.9 Å². The Labute approximate surface area is 201 Å². The van der Waals surface area contributed by atoms with E-state index in [1.165, 1.54) is 11.1 Å². The summed E-state index contributed by atoms with van der Waals surface area (Å²) in [6.07, 6.45) is 1.55. The summed E-state index contributed by atoms with van der Waals surface area (Å²) in [4.78, 5) is 12.1. The number of carbonyl (C=O) groups is 1. The summed E-state index contributed by atoms with van der Waals surface area (Å²) >= 11 is 0. The van der Waals surface area contributed by atoms with E-state index in [4.69, 9.17) is 14.2 Å². The lowest BCUT2D eigenvalue weighted by Crippen LogP contribution is -2.24. The summed E-state index contributed by atoms with van der Waals surface area (Å²) in [5, 5.41) is 4.01. The predicted molar refractivity (Wildman–Crippen MR) is 135 cm³/mol. The van der Waals surface area contributed by atoms with Crippen molar-refractivity contribution in [1.29, 1.82) is 0 Å². The van der Waals surface area contributed by atoms with Gasteiger partial charge in [-0.1, -0.05) is 57.2 Å². The number of nitrogens with one attached hydrogen (secondary N) is 1. The molecule has 0 aliphatic rings. The van der Waals surface area contributed by atoms with Gasteiger partial charge in [-0.15, -0.1) is 0 Å². The summed E-state index contributed by atoms with van der Waals surface area (Å²) < 4.78 is 16.9. The lowest BCUT2D eigenvalue weighted by atomic mass is 9.87. The van der Waals surface area contributed by atoms with Crippen LogP contribution in [0.25, 0.3) is 0 Å². The molecule has 0 bridgehead atoms. The normalized spacial score (nSPS) is 11.3. The molecule has 0 unspecified atom stereocenters. The number of aryl methyl sites for hydroxylation is 1. The van der Waals surface area contributed by atoms with Crippen LogP contribution < -0.4 is 19.6 Å². The molecule has 3 aromatic carbocycles. The van der Waals surface area contributed by atoms with Crippen LogP contribution in [0.4, 0.5) is 0 Å². The van der Waals surface area contributed by atoms with Gasteiger partial charge in [0.15, 0.2) is 18.1 Å². The topological polar surface area (TPSA) is 69.2 Å². The van der Waals surface area contributed by atoms with Gasteiger partial charge in [-0.2, -0.15) is 5.10 Å². The molecule has 0 fully saturated rings. The molecular weight excluding hydrogens is 428 g/mol. The van der Waals surface area contributed by atoms with E-state index in [0.717, 1.165) is 11.1 Å². The van der Waals surface area contributed by atoms with Crippen molar-refractivity contribution < 1.29 is 19.0 Å². The Hall–Kier alpha value is -3.80. The summed E-state index contributed by atoms with van der Waals surface area (Å²) in [7, 11) is 1.59. The Balaban J connectivity index is 1.50. The zero-order valence-corrected chi connectivity index (χ0v) is 20.4. The number of hydrogen-bond donors (Lipinski definition) is 1. The number of hydrazone groups is 1. The number of carbonyl (C=O) groups excluding carboxylic acids is 1. The fourth-order valence-corrected chi connectivity index (χ4v) is 3.22. The second-order valence-electron chi connectivity index (χ2n) is 8.98. The molecule has 3 rings (SSSR count). The van der Waals surface area contributed by atoms with Crippen LogP contribution in [0, 0.1) is 6.92 Å². The van der Waals surface area contributed by atoms with Gasteiger partial charge in [0.25, 0.3) is 5.91 Å². The first kappa shape index (κ1) is 24.8. The first-order valence-corrected chi connectivity index (χ1v) is 11.2. The lowest BCUT2D eigenvalue weighted by molar-refractivity contribution is -0.123. The van der Waals surface area contributed by atoms with Gasteiger partial charge in [0.1, 0.15) is 12.4 Å². The molecule has 0 aliphatic heterocycles. The average Bonchev–Trinajstić information content (AvgIpc) is 2.82. The molecule has 0 aliphatic carbocycles. The molecule has 1 amide bonds. The highest BCUT2D eigenvalue weighted by Crippen LogP contribution is 2.28. The molecule has 0 heterocycles. The number of ether oxygens (including phenoxy) is 3. The minimum absolute atomic E-state index is 0.0680. The van der Waals surface area contributed by atoms with Gasteiger partial charge in [-0.3, -0.25) is 4.79 Å². The highest BCUT2D eigenvalue weighted by atomic mass is 16.5. The summed E-state index contributed by atoms with van der Waals surface area (Å²) in [6, 6.07) is 21.3. The van der Waals surface area contributed by atoms with E-state index in [2.05, 4.69) is 44.3 Å². The van der Waals surface area contributed by atoms with Gasteiger partial charge in [-0.05, 0) is 64.9 Å². The van der Waals surface area contributed by atoms with Gasteiger partial charge in [-0.25, -0.2) is 5.43 Å². The van der Waals surface area contributed by atoms with E-state index in [9.17, 15) is 4.79 Å². The number of rotatable bonds is 9. The third kappa shape index (κ3) is 7.10. The highest BCUT2D eigenvalue weighted by Gasteiger charge is 2.13. The first-order chi connectivity index (χ1) is 16.3. The summed E-state index contributed by atoms with van der Waals surface area (Å²) in [5.41, 5.74) is 6.80. The molecule has 0 radical (unpaired) electrons. The SMILES string of the molecule is COc1cc(/C=N/NC(=O)COc2ccc(C(C)(C)C)cc2)ccc1OCc1ccccc1C. The standard InChI is InChI=1S/C28H32N2O4/c1-20-8-6-7-9-22(20)18-34-25-15-10-21(16-26(25)32-5)17-29-30-27(31)19-33-24-13-11-23(12-14-24)28(2,3)4/h6-17H,18-19H2,1-5H3,(H,30,31)/b29-17+. The Kier molecular flexibility index (Phi) is 8.30. The highest BCUT2D eigenvalue weighted by molar-refractivity contribution is 5.83. The third-order valence-electron chi connectivity index (χ3n) is 5.33. The van der Waals surface area contributed by atoms with Gasteiger partial charge in [0.05, 0.1) is 13.3 Å². The van der Waals surface area contributed by atoms with E-state index < -0.39 is 0 Å². The lowest BCUT2D eigenvalue weighted by Gasteiger charge is -2.19. The second-order valence-corrected chi connectivity index (χ2v) is 8.98. The maximum absolute atomic E-state index is 12.1. The van der Waals surface area contributed by atoms with Crippen LogP contribution in [0.3, 0.4) is 0 Å². The van der Waals surface area contributed by atoms with Crippen LogP contribution in [-0.4, -0.2) is 25.8 Å². The van der Waals surface area contributed by atoms with Crippen LogP contribution in [0.5, 0.6) is 17.2 Å². The predicted octanol–water partition coefficient (Wildman–Crippen LogP) is 5.41. The molecule has 34 heavy (non-hydrogen) atoms. The van der Waals surface area contributed by atoms with Crippen LogP contribution in [0.1, 0.15) is 43.0 Å². The van der Waals surface area contributed by atoms with Crippen LogP contribution in [0.15, 0.2) is 71.8 Å². The van der Waals surface area contributed by atoms with Crippen molar-refractivity contribution in [3.8, 4) is 17.2 Å². The smallest absolute Gasteiger partial charge is 0.277 e. The molecule has 1 N–H and O–H groups in total. The number of hydrogen-bond acceptors (Lipinski definition) is 5. The molecule has 0 saturated carbocycles. The molecule has 6 heteroatoms. The van der Waals surface area contributed by atoms with Crippen molar-refractivity contribution in [2.45, 2.75) is 39.7 Å². The number of nitrogens with zero attached hydrogens (tertiary/aromatic N) is 1. The molecule has 0 saturated heterocycles. The number of benzene rings is 3. The molecule has 178 valence electrons. The van der Waals surface area contributed by atoms with Gasteiger partial charge >= 0.3 is 0 Å². The number of methoxy groups -OCH3 is 1. The minimum Gasteiger partial charge on any atom is -0.493 e. The van der Waals surface area contributed by atoms with Crippen LogP contribution >= 0.6 is 0 Å². The van der Waals surface area contributed by atoms with Crippen LogP contribution in [0.2, 0.25) is 0 Å². The number of amides is 1. The van der Waals surface area contributed by atoms with Gasteiger partial charge in [0, 0.05) is 0 Å². The van der Waals surface area contributed by atoms with E-state index >= 15 is 0 Å². The van der Waals surface area contributed by atoms with Gasteiger partial charge in [0.2, 0.25) is 0 Å². The van der Waals surface area contributed by atoms with E-state index in [1.807, 2.05) is 54.6 Å². The fraction of sp³-hybridized carbons (Fsp3) is 0.286. The Morgan fingerprint density at radius 1 is 0.971 bits per heavy atom. The van der Waals surface area contributed by atoms with E-state index in [0.29, 0.717) is 23.9 Å². The van der Waals surface area contributed by atoms with Gasteiger partial charge < -0.3 is 14.2 Å².